The summed E-state index contributed by atoms with van der Waals surface area (Å²) >= 11 is 0. The van der Waals surface area contributed by atoms with E-state index in [4.69, 9.17) is 4.74 Å². The lowest BCUT2D eigenvalue weighted by molar-refractivity contribution is 0.297. The van der Waals surface area contributed by atoms with Crippen LogP contribution in [0.25, 0.3) is 16.7 Å². The van der Waals surface area contributed by atoms with E-state index < -0.39 is 0 Å². The first-order valence-electron chi connectivity index (χ1n) is 7.72. The molecule has 0 aliphatic rings. The van der Waals surface area contributed by atoms with Gasteiger partial charge in [-0.05, 0) is 18.2 Å². The molecule has 0 fully saturated rings. The molecule has 0 amide bonds. The summed E-state index contributed by atoms with van der Waals surface area (Å²) in [5.41, 5.74) is 2.99. The second kappa shape index (κ2) is 6.42. The molecule has 120 valence electrons. The summed E-state index contributed by atoms with van der Waals surface area (Å²) in [6.07, 6.45) is 3.14. The summed E-state index contributed by atoms with van der Waals surface area (Å²) in [4.78, 5) is 8.54. The van der Waals surface area contributed by atoms with Gasteiger partial charge in [0, 0.05) is 5.56 Å². The van der Waals surface area contributed by atoms with Gasteiger partial charge in [-0.25, -0.2) is 14.6 Å². The lowest BCUT2D eigenvalue weighted by Gasteiger charge is -2.07. The molecule has 6 nitrogen and oxygen atoms in total. The average Bonchev–Trinajstić information content (AvgIpc) is 3.12. The summed E-state index contributed by atoms with van der Waals surface area (Å²) in [5, 5.41) is 14.3. The maximum Gasteiger partial charge on any atom is 0.228 e. The molecule has 0 aliphatic heterocycles. The molecule has 0 saturated heterocycles. The van der Waals surface area contributed by atoms with E-state index in [1.54, 1.807) is 16.9 Å². The smallest absolute Gasteiger partial charge is 0.228 e. The Morgan fingerprint density at radius 1 is 1.00 bits per heavy atom. The van der Waals surface area contributed by atoms with E-state index in [1.807, 2.05) is 48.5 Å². The standard InChI is InChI=1S/C19H13N5O/c20-10-14-6-4-5-7-15(14)12-25-19-17-11-23-24(18(17)21-13-22-19)16-8-2-1-3-9-16/h1-9,11,13H,12H2. The molecule has 0 saturated carbocycles. The number of fused-ring (bicyclic) bond motifs is 1. The maximum absolute atomic E-state index is 9.17. The molecular weight excluding hydrogens is 314 g/mol. The van der Waals surface area contributed by atoms with Gasteiger partial charge >= 0.3 is 0 Å². The van der Waals surface area contributed by atoms with Crippen molar-refractivity contribution in [3.05, 3.63) is 78.2 Å². The van der Waals surface area contributed by atoms with E-state index in [1.165, 1.54) is 6.33 Å². The van der Waals surface area contributed by atoms with Crippen LogP contribution < -0.4 is 4.74 Å². The Morgan fingerprint density at radius 3 is 2.64 bits per heavy atom. The first-order chi connectivity index (χ1) is 12.4. The highest BCUT2D eigenvalue weighted by Crippen LogP contribution is 2.24. The molecule has 6 heteroatoms. The van der Waals surface area contributed by atoms with Gasteiger partial charge in [0.15, 0.2) is 5.65 Å². The van der Waals surface area contributed by atoms with Gasteiger partial charge in [0.05, 0.1) is 23.5 Å². The number of para-hydroxylation sites is 1. The van der Waals surface area contributed by atoms with Crippen molar-refractivity contribution in [1.82, 2.24) is 19.7 Å². The Bertz CT molecular complexity index is 1070. The summed E-state index contributed by atoms with van der Waals surface area (Å²) in [6.45, 7) is 0.256. The zero-order chi connectivity index (χ0) is 17.1. The van der Waals surface area contributed by atoms with Gasteiger partial charge < -0.3 is 4.74 Å². The molecule has 0 N–H and O–H groups in total. The Balaban J connectivity index is 1.67. The van der Waals surface area contributed by atoms with Crippen LogP contribution in [0.4, 0.5) is 0 Å². The number of benzene rings is 2. The van der Waals surface area contributed by atoms with Crippen LogP contribution in [0.3, 0.4) is 0 Å². The van der Waals surface area contributed by atoms with Crippen LogP contribution in [0.1, 0.15) is 11.1 Å². The Labute approximate surface area is 144 Å². The molecular formula is C19H13N5O. The third-order valence-corrected chi connectivity index (χ3v) is 3.83. The number of hydrogen-bond acceptors (Lipinski definition) is 5. The minimum atomic E-state index is 0.256. The van der Waals surface area contributed by atoms with Crippen LogP contribution >= 0.6 is 0 Å². The molecule has 0 unspecified atom stereocenters. The maximum atomic E-state index is 9.17. The SMILES string of the molecule is N#Cc1ccccc1COc1ncnc2c1cnn2-c1ccccc1. The van der Waals surface area contributed by atoms with Crippen LogP contribution in [0.2, 0.25) is 0 Å². The fourth-order valence-corrected chi connectivity index (χ4v) is 2.60. The fourth-order valence-electron chi connectivity index (χ4n) is 2.60. The van der Waals surface area contributed by atoms with Crippen molar-refractivity contribution in [3.63, 3.8) is 0 Å². The second-order valence-corrected chi connectivity index (χ2v) is 5.37. The Kier molecular flexibility index (Phi) is 3.81. The first kappa shape index (κ1) is 14.8. The molecule has 2 aromatic heterocycles. The van der Waals surface area contributed by atoms with Crippen LogP contribution in [-0.4, -0.2) is 19.7 Å². The predicted octanol–water partition coefficient (Wildman–Crippen LogP) is 3.27. The van der Waals surface area contributed by atoms with Crippen molar-refractivity contribution in [2.24, 2.45) is 0 Å². The Morgan fingerprint density at radius 2 is 1.80 bits per heavy atom. The minimum absolute atomic E-state index is 0.256. The second-order valence-electron chi connectivity index (χ2n) is 5.37. The third kappa shape index (κ3) is 2.79. The van der Waals surface area contributed by atoms with Gasteiger partial charge in [-0.15, -0.1) is 0 Å². The molecule has 0 aliphatic carbocycles. The molecule has 0 bridgehead atoms. The van der Waals surface area contributed by atoms with Gasteiger partial charge in [-0.3, -0.25) is 0 Å². The number of aromatic nitrogens is 4. The lowest BCUT2D eigenvalue weighted by Crippen LogP contribution is -2.01. The van der Waals surface area contributed by atoms with Gasteiger partial charge in [0.25, 0.3) is 0 Å². The van der Waals surface area contributed by atoms with Gasteiger partial charge in [0.1, 0.15) is 18.3 Å². The molecule has 0 radical (unpaired) electrons. The lowest BCUT2D eigenvalue weighted by atomic mass is 10.1. The predicted molar refractivity (Wildman–Crippen MR) is 92.1 cm³/mol. The molecule has 4 rings (SSSR count). The van der Waals surface area contributed by atoms with Crippen molar-refractivity contribution in [2.45, 2.75) is 6.61 Å². The zero-order valence-corrected chi connectivity index (χ0v) is 13.2. The van der Waals surface area contributed by atoms with Crippen molar-refractivity contribution >= 4 is 11.0 Å². The van der Waals surface area contributed by atoms with Crippen LogP contribution in [0.15, 0.2) is 67.1 Å². The molecule has 4 aromatic rings. The normalized spacial score (nSPS) is 10.5. The largest absolute Gasteiger partial charge is 0.472 e. The molecule has 25 heavy (non-hydrogen) atoms. The van der Waals surface area contributed by atoms with Crippen molar-refractivity contribution < 1.29 is 4.74 Å². The van der Waals surface area contributed by atoms with Crippen LogP contribution in [0.5, 0.6) is 5.88 Å². The summed E-state index contributed by atoms with van der Waals surface area (Å²) in [7, 11) is 0. The number of nitriles is 1. The average molecular weight is 327 g/mol. The van der Waals surface area contributed by atoms with E-state index in [2.05, 4.69) is 21.1 Å². The van der Waals surface area contributed by atoms with Crippen molar-refractivity contribution in [1.29, 1.82) is 5.26 Å². The monoisotopic (exact) mass is 327 g/mol. The molecule has 2 heterocycles. The Hall–Kier alpha value is -3.72. The molecule has 2 aromatic carbocycles. The topological polar surface area (TPSA) is 76.6 Å². The summed E-state index contributed by atoms with van der Waals surface area (Å²) < 4.78 is 7.58. The van der Waals surface area contributed by atoms with E-state index in [9.17, 15) is 5.26 Å². The van der Waals surface area contributed by atoms with E-state index in [0.717, 1.165) is 16.6 Å². The zero-order valence-electron chi connectivity index (χ0n) is 13.2. The van der Waals surface area contributed by atoms with Gasteiger partial charge in [-0.2, -0.15) is 10.4 Å². The number of hydrogen-bond donors (Lipinski definition) is 0. The quantitative estimate of drug-likeness (QED) is 0.575. The highest BCUT2D eigenvalue weighted by molar-refractivity contribution is 5.81. The van der Waals surface area contributed by atoms with E-state index in [-0.39, 0.29) is 6.61 Å². The highest BCUT2D eigenvalue weighted by atomic mass is 16.5. The number of nitrogens with zero attached hydrogens (tertiary/aromatic N) is 5. The highest BCUT2D eigenvalue weighted by Gasteiger charge is 2.12. The van der Waals surface area contributed by atoms with Crippen molar-refractivity contribution in [3.8, 4) is 17.6 Å². The van der Waals surface area contributed by atoms with Crippen molar-refractivity contribution in [2.75, 3.05) is 0 Å². The van der Waals surface area contributed by atoms with Crippen LogP contribution in [-0.2, 0) is 6.61 Å². The summed E-state index contributed by atoms with van der Waals surface area (Å²) in [5.74, 6) is 0.444. The first-order valence-corrected chi connectivity index (χ1v) is 7.72. The van der Waals surface area contributed by atoms with Crippen LogP contribution in [0, 0.1) is 11.3 Å². The molecule has 0 spiro atoms. The number of rotatable bonds is 4. The third-order valence-electron chi connectivity index (χ3n) is 3.83. The van der Waals surface area contributed by atoms with Gasteiger partial charge in [-0.1, -0.05) is 36.4 Å². The number of ether oxygens (including phenoxy) is 1. The fraction of sp³-hybridized carbons (Fsp3) is 0.0526. The molecule has 0 atom stereocenters. The minimum Gasteiger partial charge on any atom is -0.472 e. The summed E-state index contributed by atoms with van der Waals surface area (Å²) in [6, 6.07) is 19.3. The van der Waals surface area contributed by atoms with Gasteiger partial charge in [0.2, 0.25) is 5.88 Å². The van der Waals surface area contributed by atoms with E-state index >= 15 is 0 Å². The van der Waals surface area contributed by atoms with E-state index in [0.29, 0.717) is 17.1 Å².